The molecule has 6 atom stereocenters. The number of ether oxygens (including phenoxy) is 4. The second kappa shape index (κ2) is 63.8. The molecular formula is C73H142O17P2. The van der Waals surface area contributed by atoms with E-state index < -0.39 is 97.5 Å². The van der Waals surface area contributed by atoms with E-state index in [1.807, 2.05) is 0 Å². The van der Waals surface area contributed by atoms with Gasteiger partial charge in [0.25, 0.3) is 0 Å². The SMILES string of the molecule is CCCCCCCCCCCCCCCCCCC(=O)O[C@H](COC(=O)CCCCCCCCCCCCC(C)CC)COP(=O)(O)OC[C@@H](O)COP(=O)(O)OC[C@@H](COC(=O)CCCCCCCCC(C)C)OC(=O)CCCCCCCCCCCCC(C)C. The molecule has 3 N–H and O–H groups in total. The lowest BCUT2D eigenvalue weighted by atomic mass is 9.99. The van der Waals surface area contributed by atoms with Crippen molar-refractivity contribution < 1.29 is 80.2 Å². The summed E-state index contributed by atoms with van der Waals surface area (Å²) in [6, 6.07) is 0. The number of carbonyl (C=O) groups is 4. The van der Waals surface area contributed by atoms with Crippen LogP contribution >= 0.6 is 15.6 Å². The van der Waals surface area contributed by atoms with Crippen molar-refractivity contribution >= 4 is 39.5 Å². The van der Waals surface area contributed by atoms with Crippen molar-refractivity contribution in [2.24, 2.45) is 17.8 Å². The van der Waals surface area contributed by atoms with Gasteiger partial charge in [-0.2, -0.15) is 0 Å². The second-order valence-electron chi connectivity index (χ2n) is 27.5. The fraction of sp³-hybridized carbons (Fsp3) is 0.945. The third-order valence-corrected chi connectivity index (χ3v) is 19.1. The highest BCUT2D eigenvalue weighted by Gasteiger charge is 2.30. The van der Waals surface area contributed by atoms with Gasteiger partial charge in [0.15, 0.2) is 12.2 Å². The predicted octanol–water partition coefficient (Wildman–Crippen LogP) is 21.0. The lowest BCUT2D eigenvalue weighted by molar-refractivity contribution is -0.161. The van der Waals surface area contributed by atoms with Gasteiger partial charge in [-0.05, 0) is 43.4 Å². The average Bonchev–Trinajstić information content (AvgIpc) is 1.97. The topological polar surface area (TPSA) is 237 Å². The highest BCUT2D eigenvalue weighted by atomic mass is 31.2. The molecule has 0 aliphatic carbocycles. The van der Waals surface area contributed by atoms with E-state index in [0.29, 0.717) is 31.6 Å². The minimum Gasteiger partial charge on any atom is -0.462 e. The first-order valence-electron chi connectivity index (χ1n) is 37.9. The van der Waals surface area contributed by atoms with Gasteiger partial charge in [0.2, 0.25) is 0 Å². The summed E-state index contributed by atoms with van der Waals surface area (Å²) in [6.45, 7) is 11.8. The normalized spacial score (nSPS) is 14.4. The molecule has 0 aromatic carbocycles. The van der Waals surface area contributed by atoms with Crippen LogP contribution in [0.4, 0.5) is 0 Å². The van der Waals surface area contributed by atoms with Gasteiger partial charge in [-0.1, -0.05) is 318 Å². The molecule has 0 aliphatic heterocycles. The zero-order chi connectivity index (χ0) is 68.0. The van der Waals surface area contributed by atoms with Gasteiger partial charge in [-0.25, -0.2) is 9.13 Å². The van der Waals surface area contributed by atoms with Crippen molar-refractivity contribution in [2.45, 2.75) is 388 Å². The molecule has 0 spiro atoms. The highest BCUT2D eigenvalue weighted by Crippen LogP contribution is 2.45. The van der Waals surface area contributed by atoms with E-state index in [-0.39, 0.29) is 25.7 Å². The summed E-state index contributed by atoms with van der Waals surface area (Å²) >= 11 is 0. The summed E-state index contributed by atoms with van der Waals surface area (Å²) in [6.07, 6.45) is 48.6. The first kappa shape index (κ1) is 90.1. The minimum absolute atomic E-state index is 0.105. The Labute approximate surface area is 562 Å². The van der Waals surface area contributed by atoms with Crippen molar-refractivity contribution in [3.8, 4) is 0 Å². The van der Waals surface area contributed by atoms with Crippen molar-refractivity contribution in [1.29, 1.82) is 0 Å². The Kier molecular flexibility index (Phi) is 62.4. The van der Waals surface area contributed by atoms with E-state index >= 15 is 0 Å². The van der Waals surface area contributed by atoms with E-state index in [9.17, 15) is 43.2 Å². The Hall–Kier alpha value is -1.94. The molecule has 19 heteroatoms. The lowest BCUT2D eigenvalue weighted by Crippen LogP contribution is -2.30. The molecule has 546 valence electrons. The number of hydrogen-bond acceptors (Lipinski definition) is 15. The predicted molar refractivity (Wildman–Crippen MR) is 372 cm³/mol. The molecule has 0 aromatic rings. The number of carbonyl (C=O) groups excluding carboxylic acids is 4. The van der Waals surface area contributed by atoms with Crippen molar-refractivity contribution in [3.63, 3.8) is 0 Å². The summed E-state index contributed by atoms with van der Waals surface area (Å²) in [5, 5.41) is 10.6. The molecule has 0 aliphatic rings. The van der Waals surface area contributed by atoms with E-state index in [1.54, 1.807) is 0 Å². The smallest absolute Gasteiger partial charge is 0.462 e. The van der Waals surface area contributed by atoms with E-state index in [0.717, 1.165) is 108 Å². The Bertz CT molecular complexity index is 1800. The molecule has 0 saturated carbocycles. The average molecular weight is 1350 g/mol. The van der Waals surface area contributed by atoms with Crippen LogP contribution in [0.5, 0.6) is 0 Å². The Balaban J connectivity index is 5.25. The zero-order valence-corrected chi connectivity index (χ0v) is 61.8. The molecule has 0 fully saturated rings. The first-order valence-corrected chi connectivity index (χ1v) is 40.9. The number of hydrogen-bond donors (Lipinski definition) is 3. The number of phosphoric acid groups is 2. The molecular weight excluding hydrogens is 1210 g/mol. The summed E-state index contributed by atoms with van der Waals surface area (Å²) in [5.41, 5.74) is 0. The molecule has 3 unspecified atom stereocenters. The van der Waals surface area contributed by atoms with Crippen LogP contribution in [-0.2, 0) is 65.4 Å². The maximum absolute atomic E-state index is 13.1. The van der Waals surface area contributed by atoms with Gasteiger partial charge >= 0.3 is 39.5 Å². The maximum Gasteiger partial charge on any atom is 0.472 e. The van der Waals surface area contributed by atoms with Crippen LogP contribution in [0.3, 0.4) is 0 Å². The van der Waals surface area contributed by atoms with Crippen LogP contribution in [0.1, 0.15) is 370 Å². The van der Waals surface area contributed by atoms with E-state index in [1.165, 1.54) is 173 Å². The Morgan fingerprint density at radius 3 is 0.826 bits per heavy atom. The fourth-order valence-electron chi connectivity index (χ4n) is 11.0. The lowest BCUT2D eigenvalue weighted by Gasteiger charge is -2.21. The Morgan fingerprint density at radius 2 is 0.554 bits per heavy atom. The summed E-state index contributed by atoms with van der Waals surface area (Å²) < 4.78 is 68.4. The van der Waals surface area contributed by atoms with Crippen LogP contribution in [0.15, 0.2) is 0 Å². The summed E-state index contributed by atoms with van der Waals surface area (Å²) in [5.74, 6) is 0.118. The van der Waals surface area contributed by atoms with Crippen LogP contribution in [0, 0.1) is 17.8 Å². The number of rotatable bonds is 71. The minimum atomic E-state index is -4.96. The number of esters is 4. The standard InChI is InChI=1S/C73H142O17P2/c1-8-10-11-12-13-14-15-16-17-18-19-20-28-33-42-49-56-72(77)89-68(60-83-70(75)54-47-40-32-27-24-22-26-31-39-46-53-66(7)9-2)62-87-91(79,80)85-58-67(74)59-86-92(81,82)88-63-69(61-84-71(76)55-48-41-36-35-38-45-52-65(5)6)90-73(78)57-50-43-34-29-23-21-25-30-37-44-51-64(3)4/h64-69,74H,8-63H2,1-7H3,(H,79,80)(H,81,82)/t66?,67-,68-,69-/m1/s1. The first-order chi connectivity index (χ1) is 44.3. The molecule has 92 heavy (non-hydrogen) atoms. The van der Waals surface area contributed by atoms with Crippen LogP contribution in [0.25, 0.3) is 0 Å². The molecule has 0 aromatic heterocycles. The third-order valence-electron chi connectivity index (χ3n) is 17.2. The number of unbranched alkanes of at least 4 members (excludes halogenated alkanes) is 38. The molecule has 0 rings (SSSR count). The van der Waals surface area contributed by atoms with Gasteiger partial charge in [0.05, 0.1) is 26.4 Å². The number of phosphoric ester groups is 2. The third kappa shape index (κ3) is 65.4. The molecule has 17 nitrogen and oxygen atoms in total. The highest BCUT2D eigenvalue weighted by molar-refractivity contribution is 7.47. The molecule has 0 heterocycles. The van der Waals surface area contributed by atoms with Crippen LogP contribution in [0.2, 0.25) is 0 Å². The maximum atomic E-state index is 13.1. The Morgan fingerprint density at radius 1 is 0.315 bits per heavy atom. The van der Waals surface area contributed by atoms with Gasteiger partial charge in [-0.3, -0.25) is 37.3 Å². The second-order valence-corrected chi connectivity index (χ2v) is 30.4. The summed E-state index contributed by atoms with van der Waals surface area (Å²) in [7, 11) is -9.91. The number of aliphatic hydroxyl groups is 1. The molecule has 0 radical (unpaired) electrons. The fourth-order valence-corrected chi connectivity index (χ4v) is 12.6. The van der Waals surface area contributed by atoms with Crippen LogP contribution < -0.4 is 0 Å². The molecule has 0 bridgehead atoms. The van der Waals surface area contributed by atoms with Gasteiger partial charge in [0.1, 0.15) is 19.3 Å². The van der Waals surface area contributed by atoms with Crippen molar-refractivity contribution in [2.75, 3.05) is 39.6 Å². The number of aliphatic hydroxyl groups excluding tert-OH is 1. The monoisotopic (exact) mass is 1350 g/mol. The largest absolute Gasteiger partial charge is 0.472 e. The van der Waals surface area contributed by atoms with E-state index in [4.69, 9.17) is 37.0 Å². The van der Waals surface area contributed by atoms with Gasteiger partial charge < -0.3 is 33.8 Å². The van der Waals surface area contributed by atoms with Gasteiger partial charge in [0, 0.05) is 25.7 Å². The quantitative estimate of drug-likeness (QED) is 0.0222. The van der Waals surface area contributed by atoms with Crippen LogP contribution in [-0.4, -0.2) is 96.7 Å². The van der Waals surface area contributed by atoms with E-state index in [2.05, 4.69) is 48.5 Å². The summed E-state index contributed by atoms with van der Waals surface area (Å²) in [4.78, 5) is 72.7. The van der Waals surface area contributed by atoms with Gasteiger partial charge in [-0.15, -0.1) is 0 Å². The zero-order valence-electron chi connectivity index (χ0n) is 60.0. The molecule has 0 amide bonds. The molecule has 0 saturated heterocycles. The van der Waals surface area contributed by atoms with Crippen molar-refractivity contribution in [1.82, 2.24) is 0 Å². The van der Waals surface area contributed by atoms with Crippen molar-refractivity contribution in [3.05, 3.63) is 0 Å².